The number of hydrogen-bond donors (Lipinski definition) is 2. The van der Waals surface area contributed by atoms with E-state index in [1.54, 1.807) is 18.2 Å². The van der Waals surface area contributed by atoms with Gasteiger partial charge in [-0.1, -0.05) is 27.5 Å². The first-order chi connectivity index (χ1) is 9.47. The maximum Gasteiger partial charge on any atom is 0.258 e. The summed E-state index contributed by atoms with van der Waals surface area (Å²) in [6.07, 6.45) is 0. The van der Waals surface area contributed by atoms with Gasteiger partial charge >= 0.3 is 0 Å². The number of carbonyl (C=O) groups is 1. The van der Waals surface area contributed by atoms with E-state index < -0.39 is 5.91 Å². The Morgan fingerprint density at radius 3 is 2.75 bits per heavy atom. The van der Waals surface area contributed by atoms with Crippen LogP contribution in [-0.4, -0.2) is 23.0 Å². The average Bonchev–Trinajstić information content (AvgIpc) is 2.36. The van der Waals surface area contributed by atoms with Crippen LogP contribution in [0, 0.1) is 0 Å². The van der Waals surface area contributed by atoms with Gasteiger partial charge in [-0.2, -0.15) is 4.98 Å². The summed E-state index contributed by atoms with van der Waals surface area (Å²) in [5, 5.41) is 2.69. The number of methoxy groups -OCH3 is 1. The molecular weight excluding hydrogens is 348 g/mol. The monoisotopic (exact) mass is 356 g/mol. The second-order valence-corrected chi connectivity index (χ2v) is 5.09. The summed E-state index contributed by atoms with van der Waals surface area (Å²) in [6, 6.07) is 6.30. The van der Waals surface area contributed by atoms with Crippen molar-refractivity contribution in [3.05, 3.63) is 39.5 Å². The van der Waals surface area contributed by atoms with Crippen molar-refractivity contribution in [1.82, 2.24) is 9.97 Å². The van der Waals surface area contributed by atoms with Crippen LogP contribution in [0.25, 0.3) is 0 Å². The van der Waals surface area contributed by atoms with E-state index in [-0.39, 0.29) is 17.0 Å². The molecule has 0 saturated carbocycles. The molecule has 1 aromatic carbocycles. The largest absolute Gasteiger partial charge is 0.481 e. The highest BCUT2D eigenvalue weighted by Crippen LogP contribution is 2.19. The molecule has 2 rings (SSSR count). The lowest BCUT2D eigenvalue weighted by molar-refractivity contribution is 0.102. The summed E-state index contributed by atoms with van der Waals surface area (Å²) < 4.78 is 5.65. The molecular formula is C12H10BrClN4O2. The van der Waals surface area contributed by atoms with Crippen LogP contribution < -0.4 is 15.8 Å². The third-order valence-electron chi connectivity index (χ3n) is 2.29. The molecule has 104 valence electrons. The summed E-state index contributed by atoms with van der Waals surface area (Å²) >= 11 is 9.07. The van der Waals surface area contributed by atoms with Gasteiger partial charge in [0.25, 0.3) is 5.91 Å². The van der Waals surface area contributed by atoms with Crippen molar-refractivity contribution in [3.8, 4) is 5.88 Å². The SMILES string of the molecule is COc1cc(Cl)nc(NC(=O)c2cc(N)cc(Br)c2)n1. The van der Waals surface area contributed by atoms with Crippen LogP contribution in [0.5, 0.6) is 5.88 Å². The first kappa shape index (κ1) is 14.5. The Hall–Kier alpha value is -1.86. The number of nitrogens with one attached hydrogen (secondary N) is 1. The number of aromatic nitrogens is 2. The molecule has 3 N–H and O–H groups in total. The summed E-state index contributed by atoms with van der Waals surface area (Å²) in [6.45, 7) is 0. The molecule has 1 heterocycles. The summed E-state index contributed by atoms with van der Waals surface area (Å²) in [7, 11) is 1.44. The Bertz CT molecular complexity index is 646. The summed E-state index contributed by atoms with van der Waals surface area (Å²) in [4.78, 5) is 19.9. The van der Waals surface area contributed by atoms with Gasteiger partial charge in [0.1, 0.15) is 5.15 Å². The highest BCUT2D eigenvalue weighted by atomic mass is 79.9. The zero-order valence-corrected chi connectivity index (χ0v) is 12.7. The molecule has 1 aromatic heterocycles. The van der Waals surface area contributed by atoms with Crippen LogP contribution in [0.3, 0.4) is 0 Å². The van der Waals surface area contributed by atoms with E-state index in [4.69, 9.17) is 22.1 Å². The zero-order valence-electron chi connectivity index (χ0n) is 10.4. The van der Waals surface area contributed by atoms with Crippen LogP contribution in [-0.2, 0) is 0 Å². The lowest BCUT2D eigenvalue weighted by Gasteiger charge is -2.07. The molecule has 0 aliphatic carbocycles. The smallest absolute Gasteiger partial charge is 0.258 e. The number of nitrogens with two attached hydrogens (primary N) is 1. The number of nitrogens with zero attached hydrogens (tertiary/aromatic N) is 2. The van der Waals surface area contributed by atoms with E-state index in [0.717, 1.165) is 0 Å². The third-order valence-corrected chi connectivity index (χ3v) is 2.94. The number of ether oxygens (including phenoxy) is 1. The van der Waals surface area contributed by atoms with E-state index in [9.17, 15) is 4.79 Å². The predicted octanol–water partition coefficient (Wildman–Crippen LogP) is 2.74. The lowest BCUT2D eigenvalue weighted by atomic mass is 10.2. The molecule has 1 amide bonds. The number of anilines is 2. The Labute approximate surface area is 128 Å². The van der Waals surface area contributed by atoms with Crippen LogP contribution in [0.4, 0.5) is 11.6 Å². The minimum atomic E-state index is -0.401. The zero-order chi connectivity index (χ0) is 14.7. The fraction of sp³-hybridized carbons (Fsp3) is 0.0833. The Morgan fingerprint density at radius 1 is 1.35 bits per heavy atom. The second-order valence-electron chi connectivity index (χ2n) is 3.78. The van der Waals surface area contributed by atoms with E-state index in [2.05, 4.69) is 31.2 Å². The first-order valence-corrected chi connectivity index (χ1v) is 6.61. The predicted molar refractivity (Wildman–Crippen MR) is 80.1 cm³/mol. The normalized spacial score (nSPS) is 10.2. The molecule has 0 aliphatic rings. The number of benzene rings is 1. The van der Waals surface area contributed by atoms with Crippen molar-refractivity contribution in [2.45, 2.75) is 0 Å². The fourth-order valence-electron chi connectivity index (χ4n) is 1.47. The van der Waals surface area contributed by atoms with Crippen LogP contribution >= 0.6 is 27.5 Å². The van der Waals surface area contributed by atoms with Crippen molar-refractivity contribution in [2.24, 2.45) is 0 Å². The lowest BCUT2D eigenvalue weighted by Crippen LogP contribution is -2.14. The number of hydrogen-bond acceptors (Lipinski definition) is 5. The van der Waals surface area contributed by atoms with E-state index >= 15 is 0 Å². The Kier molecular flexibility index (Phi) is 4.41. The van der Waals surface area contributed by atoms with Gasteiger partial charge in [0.15, 0.2) is 0 Å². The summed E-state index contributed by atoms with van der Waals surface area (Å²) in [5.41, 5.74) is 6.52. The molecule has 0 atom stereocenters. The van der Waals surface area contributed by atoms with Gasteiger partial charge in [-0.05, 0) is 18.2 Å². The van der Waals surface area contributed by atoms with Crippen molar-refractivity contribution < 1.29 is 9.53 Å². The Morgan fingerprint density at radius 2 is 2.10 bits per heavy atom. The minimum Gasteiger partial charge on any atom is -0.481 e. The minimum absolute atomic E-state index is 0.0536. The van der Waals surface area contributed by atoms with Gasteiger partial charge in [0.05, 0.1) is 7.11 Å². The van der Waals surface area contributed by atoms with E-state index in [0.29, 0.717) is 15.7 Å². The van der Waals surface area contributed by atoms with Crippen molar-refractivity contribution >= 4 is 45.1 Å². The molecule has 8 heteroatoms. The molecule has 0 fully saturated rings. The number of carbonyl (C=O) groups excluding carboxylic acids is 1. The molecule has 6 nitrogen and oxygen atoms in total. The third kappa shape index (κ3) is 3.58. The molecule has 0 aliphatic heterocycles. The molecule has 0 spiro atoms. The van der Waals surface area contributed by atoms with Crippen LogP contribution in [0.1, 0.15) is 10.4 Å². The van der Waals surface area contributed by atoms with Gasteiger partial charge in [-0.25, -0.2) is 4.98 Å². The molecule has 0 unspecified atom stereocenters. The summed E-state index contributed by atoms with van der Waals surface area (Å²) in [5.74, 6) is -0.0886. The standard InChI is InChI=1S/C12H10BrClN4O2/c1-20-10-5-9(14)16-12(17-10)18-11(19)6-2-7(13)4-8(15)3-6/h2-5H,15H2,1H3,(H,16,17,18,19). The van der Waals surface area contributed by atoms with Gasteiger partial charge in [-0.15, -0.1) is 0 Å². The Balaban J connectivity index is 2.25. The average molecular weight is 358 g/mol. The maximum atomic E-state index is 12.1. The number of amides is 1. The van der Waals surface area contributed by atoms with Crippen molar-refractivity contribution in [1.29, 1.82) is 0 Å². The van der Waals surface area contributed by atoms with Gasteiger partial charge in [0.2, 0.25) is 11.8 Å². The molecule has 0 bridgehead atoms. The first-order valence-electron chi connectivity index (χ1n) is 5.44. The maximum absolute atomic E-state index is 12.1. The van der Waals surface area contributed by atoms with E-state index in [1.165, 1.54) is 13.2 Å². The highest BCUT2D eigenvalue weighted by molar-refractivity contribution is 9.10. The molecule has 0 saturated heterocycles. The molecule has 2 aromatic rings. The van der Waals surface area contributed by atoms with Crippen LogP contribution in [0.15, 0.2) is 28.7 Å². The van der Waals surface area contributed by atoms with Gasteiger partial charge in [-0.3, -0.25) is 10.1 Å². The topological polar surface area (TPSA) is 90.1 Å². The van der Waals surface area contributed by atoms with Gasteiger partial charge < -0.3 is 10.5 Å². The number of nitrogen functional groups attached to an aromatic ring is 1. The molecule has 20 heavy (non-hydrogen) atoms. The van der Waals surface area contributed by atoms with Gasteiger partial charge in [0, 0.05) is 21.8 Å². The van der Waals surface area contributed by atoms with Crippen molar-refractivity contribution in [3.63, 3.8) is 0 Å². The quantitative estimate of drug-likeness (QED) is 0.651. The fourth-order valence-corrected chi connectivity index (χ4v) is 2.16. The van der Waals surface area contributed by atoms with E-state index in [1.807, 2.05) is 0 Å². The second kappa shape index (κ2) is 6.06. The highest BCUT2D eigenvalue weighted by Gasteiger charge is 2.11. The molecule has 0 radical (unpaired) electrons. The number of rotatable bonds is 3. The number of halogens is 2. The van der Waals surface area contributed by atoms with Crippen molar-refractivity contribution in [2.75, 3.05) is 18.2 Å². The van der Waals surface area contributed by atoms with Crippen LogP contribution in [0.2, 0.25) is 5.15 Å².